The minimum absolute atomic E-state index is 0.371. The summed E-state index contributed by atoms with van der Waals surface area (Å²) < 4.78 is 11.3. The number of aliphatic carboxylic acids is 1. The molecule has 1 heterocycles. The second-order valence-corrected chi connectivity index (χ2v) is 9.20. The topological polar surface area (TPSA) is 55.8 Å². The summed E-state index contributed by atoms with van der Waals surface area (Å²) in [4.78, 5) is 12.3. The second kappa shape index (κ2) is 5.83. The van der Waals surface area contributed by atoms with E-state index in [1.54, 1.807) is 13.8 Å². The zero-order valence-electron chi connectivity index (χ0n) is 14.9. The van der Waals surface area contributed by atoms with E-state index >= 15 is 0 Å². The monoisotopic (exact) mass is 336 g/mol. The van der Waals surface area contributed by atoms with E-state index in [2.05, 4.69) is 0 Å². The normalized spacial score (nSPS) is 19.9. The number of aryl methyl sites for hydroxylation is 1. The van der Waals surface area contributed by atoms with Crippen molar-refractivity contribution in [3.05, 3.63) is 23.8 Å². The van der Waals surface area contributed by atoms with E-state index in [9.17, 15) is 9.90 Å². The number of carboxylic acid groups (broad SMARTS) is 1. The number of rotatable bonds is 4. The molecule has 23 heavy (non-hydrogen) atoms. The molecule has 0 aromatic heterocycles. The van der Waals surface area contributed by atoms with Gasteiger partial charge in [-0.25, -0.2) is 0 Å². The molecule has 0 bridgehead atoms. The van der Waals surface area contributed by atoms with Crippen LogP contribution in [-0.2, 0) is 14.1 Å². The average Bonchev–Trinajstić information content (AvgIpc) is 2.60. The molecule has 1 aliphatic heterocycles. The molecular formula is C17H25BO4S. The lowest BCUT2D eigenvalue weighted by atomic mass is 9.78. The molecule has 126 valence electrons. The summed E-state index contributed by atoms with van der Waals surface area (Å²) in [6.07, 6.45) is 0. The molecule has 0 amide bonds. The molecule has 1 aromatic rings. The Hall–Kier alpha value is -0.975. The molecule has 1 aromatic carbocycles. The first-order valence-corrected chi connectivity index (χ1v) is 8.56. The Labute approximate surface area is 143 Å². The molecule has 6 heteroatoms. The van der Waals surface area contributed by atoms with E-state index in [1.807, 2.05) is 52.8 Å². The molecule has 0 spiro atoms. The second-order valence-electron chi connectivity index (χ2n) is 7.53. The van der Waals surface area contributed by atoms with Gasteiger partial charge in [0.1, 0.15) is 4.75 Å². The average molecular weight is 336 g/mol. The SMILES string of the molecule is Cc1cc(B2OC(C)(C)C(C)(C)O2)ccc1SC(C)(C)C(=O)O. The highest BCUT2D eigenvalue weighted by molar-refractivity contribution is 8.01. The van der Waals surface area contributed by atoms with Gasteiger partial charge in [0.05, 0.1) is 11.2 Å². The van der Waals surface area contributed by atoms with Gasteiger partial charge in [-0.2, -0.15) is 0 Å². The van der Waals surface area contributed by atoms with Crippen molar-refractivity contribution in [2.45, 2.75) is 69.3 Å². The Kier molecular flexibility index (Phi) is 4.66. The first-order valence-electron chi connectivity index (χ1n) is 7.74. The van der Waals surface area contributed by atoms with E-state index in [4.69, 9.17) is 9.31 Å². The van der Waals surface area contributed by atoms with E-state index in [1.165, 1.54) is 11.8 Å². The summed E-state index contributed by atoms with van der Waals surface area (Å²) in [5, 5.41) is 9.28. The van der Waals surface area contributed by atoms with Crippen LogP contribution in [0.4, 0.5) is 0 Å². The van der Waals surface area contributed by atoms with Crippen LogP contribution >= 0.6 is 11.8 Å². The fraction of sp³-hybridized carbons (Fsp3) is 0.588. The van der Waals surface area contributed by atoms with Crippen LogP contribution in [0.25, 0.3) is 0 Å². The maximum Gasteiger partial charge on any atom is 0.494 e. The third kappa shape index (κ3) is 3.59. The van der Waals surface area contributed by atoms with Gasteiger partial charge in [-0.05, 0) is 65.6 Å². The Bertz CT molecular complexity index is 609. The molecule has 0 atom stereocenters. The fourth-order valence-corrected chi connectivity index (χ4v) is 3.22. The van der Waals surface area contributed by atoms with Crippen molar-refractivity contribution in [2.24, 2.45) is 0 Å². The number of hydrogen-bond acceptors (Lipinski definition) is 4. The maximum absolute atomic E-state index is 11.3. The summed E-state index contributed by atoms with van der Waals surface area (Å²) in [6, 6.07) is 5.92. The quantitative estimate of drug-likeness (QED) is 0.676. The van der Waals surface area contributed by atoms with Crippen molar-refractivity contribution < 1.29 is 19.2 Å². The summed E-state index contributed by atoms with van der Waals surface area (Å²) in [7, 11) is -0.398. The first-order chi connectivity index (χ1) is 10.4. The number of hydrogen-bond donors (Lipinski definition) is 1. The minimum atomic E-state index is -0.864. The van der Waals surface area contributed by atoms with E-state index in [0.29, 0.717) is 0 Å². The van der Waals surface area contributed by atoms with Crippen LogP contribution in [0.1, 0.15) is 47.1 Å². The maximum atomic E-state index is 11.3. The van der Waals surface area contributed by atoms with Gasteiger partial charge < -0.3 is 14.4 Å². The number of thioether (sulfide) groups is 1. The molecule has 1 N–H and O–H groups in total. The Morgan fingerprint density at radius 3 is 2.13 bits per heavy atom. The predicted octanol–water partition coefficient (Wildman–Crippen LogP) is 3.25. The predicted molar refractivity (Wildman–Crippen MR) is 94.5 cm³/mol. The van der Waals surface area contributed by atoms with E-state index < -0.39 is 17.8 Å². The molecule has 0 saturated carbocycles. The summed E-state index contributed by atoms with van der Waals surface area (Å²) in [6.45, 7) is 13.5. The summed E-state index contributed by atoms with van der Waals surface area (Å²) >= 11 is 1.35. The van der Waals surface area contributed by atoms with Crippen molar-refractivity contribution >= 4 is 30.3 Å². The van der Waals surface area contributed by atoms with Gasteiger partial charge in [0.2, 0.25) is 0 Å². The Balaban J connectivity index is 2.23. The molecule has 1 aliphatic rings. The largest absolute Gasteiger partial charge is 0.494 e. The van der Waals surface area contributed by atoms with Gasteiger partial charge >= 0.3 is 13.1 Å². The Morgan fingerprint density at radius 1 is 1.17 bits per heavy atom. The highest BCUT2D eigenvalue weighted by atomic mass is 32.2. The van der Waals surface area contributed by atoms with Crippen LogP contribution in [0, 0.1) is 6.92 Å². The minimum Gasteiger partial charge on any atom is -0.480 e. The van der Waals surface area contributed by atoms with Gasteiger partial charge in [-0.15, -0.1) is 11.8 Å². The van der Waals surface area contributed by atoms with Crippen LogP contribution in [0.3, 0.4) is 0 Å². The zero-order chi connectivity index (χ0) is 17.6. The van der Waals surface area contributed by atoms with Crippen molar-refractivity contribution in [1.29, 1.82) is 0 Å². The van der Waals surface area contributed by atoms with Crippen LogP contribution in [-0.4, -0.2) is 34.1 Å². The number of benzene rings is 1. The fourth-order valence-electron chi connectivity index (χ4n) is 2.23. The van der Waals surface area contributed by atoms with Gasteiger partial charge in [0, 0.05) is 4.90 Å². The van der Waals surface area contributed by atoms with Crippen LogP contribution < -0.4 is 5.46 Å². The van der Waals surface area contributed by atoms with Crippen molar-refractivity contribution in [3.8, 4) is 0 Å². The molecule has 1 saturated heterocycles. The van der Waals surface area contributed by atoms with Gasteiger partial charge in [0.25, 0.3) is 0 Å². The van der Waals surface area contributed by atoms with E-state index in [-0.39, 0.29) is 11.2 Å². The zero-order valence-corrected chi connectivity index (χ0v) is 15.7. The molecular weight excluding hydrogens is 311 g/mol. The van der Waals surface area contributed by atoms with E-state index in [0.717, 1.165) is 15.9 Å². The van der Waals surface area contributed by atoms with Crippen molar-refractivity contribution in [3.63, 3.8) is 0 Å². The third-order valence-corrected chi connectivity index (χ3v) is 5.97. The highest BCUT2D eigenvalue weighted by Gasteiger charge is 2.51. The molecule has 2 rings (SSSR count). The third-order valence-electron chi connectivity index (χ3n) is 4.60. The summed E-state index contributed by atoms with van der Waals surface area (Å²) in [5.41, 5.74) is 1.24. The molecule has 0 aliphatic carbocycles. The van der Waals surface area contributed by atoms with Gasteiger partial charge in [0.15, 0.2) is 0 Å². The molecule has 4 nitrogen and oxygen atoms in total. The smallest absolute Gasteiger partial charge is 0.480 e. The molecule has 0 unspecified atom stereocenters. The lowest BCUT2D eigenvalue weighted by Crippen LogP contribution is -2.41. The van der Waals surface area contributed by atoms with Crippen molar-refractivity contribution in [2.75, 3.05) is 0 Å². The first kappa shape index (κ1) is 18.4. The molecule has 0 radical (unpaired) electrons. The lowest BCUT2D eigenvalue weighted by molar-refractivity contribution is -0.138. The van der Waals surface area contributed by atoms with Crippen LogP contribution in [0.5, 0.6) is 0 Å². The standard InChI is InChI=1S/C17H25BO4S/c1-11-10-12(18-21-16(4,5)17(6,7)22-18)8-9-13(11)23-15(2,3)14(19)20/h8-10H,1-7H3,(H,19,20). The van der Waals surface area contributed by atoms with Gasteiger partial charge in [-0.1, -0.05) is 12.1 Å². The highest BCUT2D eigenvalue weighted by Crippen LogP contribution is 2.37. The van der Waals surface area contributed by atoms with Crippen molar-refractivity contribution in [1.82, 2.24) is 0 Å². The number of carbonyl (C=O) groups is 1. The molecule has 1 fully saturated rings. The van der Waals surface area contributed by atoms with Crippen LogP contribution in [0.15, 0.2) is 23.1 Å². The lowest BCUT2D eigenvalue weighted by Gasteiger charge is -2.32. The number of carboxylic acids is 1. The Morgan fingerprint density at radius 2 is 1.70 bits per heavy atom. The van der Waals surface area contributed by atoms with Gasteiger partial charge in [-0.3, -0.25) is 4.79 Å². The van der Waals surface area contributed by atoms with Crippen LogP contribution in [0.2, 0.25) is 0 Å². The summed E-state index contributed by atoms with van der Waals surface area (Å²) in [5.74, 6) is -0.822.